The molecule has 122 valence electrons. The smallest absolute Gasteiger partial charge is 0.317 e. The number of urea groups is 1. The van der Waals surface area contributed by atoms with Gasteiger partial charge >= 0.3 is 6.03 Å². The Kier molecular flexibility index (Phi) is 5.03. The summed E-state index contributed by atoms with van der Waals surface area (Å²) in [6.07, 6.45) is 2.39. The van der Waals surface area contributed by atoms with E-state index in [1.54, 1.807) is 0 Å². The molecule has 1 aromatic rings. The van der Waals surface area contributed by atoms with Crippen LogP contribution in [0.5, 0.6) is 0 Å². The summed E-state index contributed by atoms with van der Waals surface area (Å²) < 4.78 is 0. The monoisotopic (exact) mass is 321 g/mol. The Balaban J connectivity index is 1.41. The van der Waals surface area contributed by atoms with E-state index in [0.717, 1.165) is 45.7 Å². The van der Waals surface area contributed by atoms with E-state index in [1.807, 2.05) is 16.2 Å². The molecule has 1 aromatic heterocycles. The summed E-state index contributed by atoms with van der Waals surface area (Å²) in [7, 11) is 0. The number of hydrogen-bond donors (Lipinski definition) is 1. The van der Waals surface area contributed by atoms with Crippen LogP contribution in [0.25, 0.3) is 0 Å². The summed E-state index contributed by atoms with van der Waals surface area (Å²) in [6, 6.07) is 2.35. The van der Waals surface area contributed by atoms with E-state index in [0.29, 0.717) is 11.8 Å². The van der Waals surface area contributed by atoms with Gasteiger partial charge < -0.3 is 10.2 Å². The SMILES string of the molecule is CC1CC(C)CN(C(=O)NCCN2CCc3sccc3C2)C1. The first-order chi connectivity index (χ1) is 10.6. The molecule has 0 spiro atoms. The average molecular weight is 321 g/mol. The van der Waals surface area contributed by atoms with Gasteiger partial charge in [0, 0.05) is 44.1 Å². The molecule has 22 heavy (non-hydrogen) atoms. The van der Waals surface area contributed by atoms with Crippen molar-refractivity contribution in [3.63, 3.8) is 0 Å². The van der Waals surface area contributed by atoms with E-state index in [2.05, 4.69) is 35.5 Å². The van der Waals surface area contributed by atoms with Gasteiger partial charge in [0.05, 0.1) is 0 Å². The van der Waals surface area contributed by atoms with Crippen LogP contribution in [0.15, 0.2) is 11.4 Å². The molecule has 2 amide bonds. The minimum Gasteiger partial charge on any atom is -0.337 e. The molecule has 1 saturated heterocycles. The van der Waals surface area contributed by atoms with Gasteiger partial charge in [0.25, 0.3) is 0 Å². The van der Waals surface area contributed by atoms with Gasteiger partial charge in [-0.15, -0.1) is 11.3 Å². The molecule has 3 heterocycles. The third-order valence-electron chi connectivity index (χ3n) is 4.75. The van der Waals surface area contributed by atoms with Gasteiger partial charge in [-0.3, -0.25) is 4.90 Å². The van der Waals surface area contributed by atoms with Gasteiger partial charge in [-0.2, -0.15) is 0 Å². The topological polar surface area (TPSA) is 35.6 Å². The number of nitrogens with one attached hydrogen (secondary N) is 1. The Morgan fingerprint density at radius 2 is 2.14 bits per heavy atom. The predicted molar refractivity (Wildman–Crippen MR) is 91.2 cm³/mol. The fourth-order valence-corrected chi connectivity index (χ4v) is 4.65. The van der Waals surface area contributed by atoms with Crippen LogP contribution in [0.3, 0.4) is 0 Å². The van der Waals surface area contributed by atoms with Crippen molar-refractivity contribution in [2.45, 2.75) is 33.2 Å². The van der Waals surface area contributed by atoms with Crippen LogP contribution in [0.2, 0.25) is 0 Å². The van der Waals surface area contributed by atoms with Crippen LogP contribution in [0.4, 0.5) is 4.79 Å². The number of amides is 2. The molecule has 0 radical (unpaired) electrons. The van der Waals surface area contributed by atoms with Gasteiger partial charge in [-0.05, 0) is 41.7 Å². The highest BCUT2D eigenvalue weighted by atomic mass is 32.1. The molecule has 5 heteroatoms. The fraction of sp³-hybridized carbons (Fsp3) is 0.706. The van der Waals surface area contributed by atoms with E-state index >= 15 is 0 Å². The van der Waals surface area contributed by atoms with E-state index in [9.17, 15) is 4.79 Å². The molecular weight excluding hydrogens is 294 g/mol. The summed E-state index contributed by atoms with van der Waals surface area (Å²) in [5, 5.41) is 5.30. The van der Waals surface area contributed by atoms with Crippen LogP contribution < -0.4 is 5.32 Å². The van der Waals surface area contributed by atoms with Crippen LogP contribution in [-0.4, -0.2) is 48.6 Å². The molecule has 2 unspecified atom stereocenters. The molecule has 3 rings (SSSR count). The maximum Gasteiger partial charge on any atom is 0.317 e. The molecule has 0 aromatic carbocycles. The normalized spacial score (nSPS) is 25.8. The molecule has 4 nitrogen and oxygen atoms in total. The van der Waals surface area contributed by atoms with Crippen molar-refractivity contribution in [1.82, 2.24) is 15.1 Å². The Morgan fingerprint density at radius 3 is 2.91 bits per heavy atom. The first-order valence-electron chi connectivity index (χ1n) is 8.42. The van der Waals surface area contributed by atoms with Crippen LogP contribution in [-0.2, 0) is 13.0 Å². The Morgan fingerprint density at radius 1 is 1.36 bits per heavy atom. The zero-order valence-corrected chi connectivity index (χ0v) is 14.5. The van der Waals surface area contributed by atoms with E-state index in [-0.39, 0.29) is 6.03 Å². The van der Waals surface area contributed by atoms with Gasteiger partial charge in [0.2, 0.25) is 0 Å². The molecule has 2 aliphatic rings. The number of piperidine rings is 1. The van der Waals surface area contributed by atoms with Crippen molar-refractivity contribution in [3.05, 3.63) is 21.9 Å². The molecule has 1 N–H and O–H groups in total. The van der Waals surface area contributed by atoms with Crippen molar-refractivity contribution in [1.29, 1.82) is 0 Å². The predicted octanol–water partition coefficient (Wildman–Crippen LogP) is 2.79. The molecule has 2 aliphatic heterocycles. The summed E-state index contributed by atoms with van der Waals surface area (Å²) in [4.78, 5) is 18.3. The van der Waals surface area contributed by atoms with Crippen molar-refractivity contribution in [3.8, 4) is 0 Å². The summed E-state index contributed by atoms with van der Waals surface area (Å²) in [5.41, 5.74) is 1.47. The molecule has 0 bridgehead atoms. The molecule has 0 saturated carbocycles. The number of thiophene rings is 1. The fourth-order valence-electron chi connectivity index (χ4n) is 3.76. The van der Waals surface area contributed by atoms with Crippen LogP contribution in [0.1, 0.15) is 30.7 Å². The second kappa shape index (κ2) is 7.01. The lowest BCUT2D eigenvalue weighted by atomic mass is 9.92. The number of rotatable bonds is 3. The largest absolute Gasteiger partial charge is 0.337 e. The maximum atomic E-state index is 12.3. The highest BCUT2D eigenvalue weighted by molar-refractivity contribution is 7.10. The number of carbonyl (C=O) groups is 1. The van der Waals surface area contributed by atoms with Crippen molar-refractivity contribution >= 4 is 17.4 Å². The number of hydrogen-bond acceptors (Lipinski definition) is 3. The first kappa shape index (κ1) is 15.8. The lowest BCUT2D eigenvalue weighted by Crippen LogP contribution is -2.49. The third kappa shape index (κ3) is 3.82. The number of likely N-dealkylation sites (tertiary alicyclic amines) is 1. The summed E-state index contributed by atoms with van der Waals surface area (Å²) >= 11 is 1.87. The molecule has 0 aliphatic carbocycles. The van der Waals surface area contributed by atoms with E-state index < -0.39 is 0 Å². The van der Waals surface area contributed by atoms with Crippen molar-refractivity contribution in [2.24, 2.45) is 11.8 Å². The first-order valence-corrected chi connectivity index (χ1v) is 9.30. The zero-order chi connectivity index (χ0) is 15.5. The standard InChI is InChI=1S/C17H27N3OS/c1-13-9-14(2)11-20(10-13)17(21)18-5-7-19-6-3-16-15(12-19)4-8-22-16/h4,8,13-14H,3,5-7,9-12H2,1-2H3,(H,18,21). The van der Waals surface area contributed by atoms with Crippen molar-refractivity contribution < 1.29 is 4.79 Å². The average Bonchev–Trinajstić information content (AvgIpc) is 2.93. The lowest BCUT2D eigenvalue weighted by Gasteiger charge is -2.35. The highest BCUT2D eigenvalue weighted by Gasteiger charge is 2.25. The summed E-state index contributed by atoms with van der Waals surface area (Å²) in [5.74, 6) is 1.24. The van der Waals surface area contributed by atoms with Gasteiger partial charge in [0.1, 0.15) is 0 Å². The second-order valence-electron chi connectivity index (χ2n) is 6.98. The van der Waals surface area contributed by atoms with Crippen LogP contribution >= 0.6 is 11.3 Å². The number of fused-ring (bicyclic) bond motifs is 1. The lowest BCUT2D eigenvalue weighted by molar-refractivity contribution is 0.144. The second-order valence-corrected chi connectivity index (χ2v) is 7.98. The van der Waals surface area contributed by atoms with Gasteiger partial charge in [0.15, 0.2) is 0 Å². The quantitative estimate of drug-likeness (QED) is 0.929. The third-order valence-corrected chi connectivity index (χ3v) is 5.77. The minimum atomic E-state index is 0.117. The Hall–Kier alpha value is -1.07. The highest BCUT2D eigenvalue weighted by Crippen LogP contribution is 2.23. The number of nitrogens with zero attached hydrogens (tertiary/aromatic N) is 2. The molecular formula is C17H27N3OS. The van der Waals surface area contributed by atoms with E-state index in [4.69, 9.17) is 0 Å². The molecule has 2 atom stereocenters. The van der Waals surface area contributed by atoms with Crippen molar-refractivity contribution in [2.75, 3.05) is 32.7 Å². The van der Waals surface area contributed by atoms with E-state index in [1.165, 1.54) is 16.9 Å². The Bertz CT molecular complexity index is 506. The minimum absolute atomic E-state index is 0.117. The summed E-state index contributed by atoms with van der Waals surface area (Å²) in [6.45, 7) is 10.1. The van der Waals surface area contributed by atoms with Crippen LogP contribution in [0, 0.1) is 11.8 Å². The zero-order valence-electron chi connectivity index (χ0n) is 13.7. The Labute approximate surface area is 137 Å². The number of carbonyl (C=O) groups excluding carboxylic acids is 1. The van der Waals surface area contributed by atoms with Gasteiger partial charge in [-0.25, -0.2) is 4.79 Å². The van der Waals surface area contributed by atoms with Gasteiger partial charge in [-0.1, -0.05) is 13.8 Å². The molecule has 1 fully saturated rings. The maximum absolute atomic E-state index is 12.3.